The maximum atomic E-state index is 14.2. The Balaban J connectivity index is 2.33. The lowest BCUT2D eigenvalue weighted by atomic mass is 9.88. The summed E-state index contributed by atoms with van der Waals surface area (Å²) in [7, 11) is 0. The number of alkyl halides is 16. The molecule has 0 amide bonds. The standard InChI is InChI=1S/C17H16F16O4/c18-10(19)12(22,23)14(26,27)16(30,31)17(32,33)15(28,29)13(24,25)11(20,21)1-7(35-5-9-6-37-9)2-34-3-8-4-36-8/h7-10H,1-6H2. The van der Waals surface area contributed by atoms with E-state index < -0.39 is 85.8 Å². The van der Waals surface area contributed by atoms with Crippen LogP contribution in [0.2, 0.25) is 0 Å². The Morgan fingerprint density at radius 3 is 1.46 bits per heavy atom. The van der Waals surface area contributed by atoms with Crippen molar-refractivity contribution in [2.45, 2.75) is 72.6 Å². The number of ether oxygens (including phenoxy) is 4. The minimum absolute atomic E-state index is 0.00706. The average Bonchev–Trinajstić information content (AvgIpc) is 3.66. The fourth-order valence-corrected chi connectivity index (χ4v) is 2.65. The monoisotopic (exact) mass is 588 g/mol. The molecule has 37 heavy (non-hydrogen) atoms. The van der Waals surface area contributed by atoms with E-state index in [0.717, 1.165) is 0 Å². The summed E-state index contributed by atoms with van der Waals surface area (Å²) >= 11 is 0. The molecule has 0 aliphatic carbocycles. The van der Waals surface area contributed by atoms with Crippen LogP contribution in [0.5, 0.6) is 0 Å². The Kier molecular flexibility index (Phi) is 8.66. The highest BCUT2D eigenvalue weighted by Gasteiger charge is 2.93. The molecule has 3 unspecified atom stereocenters. The van der Waals surface area contributed by atoms with Gasteiger partial charge in [-0.15, -0.1) is 0 Å². The highest BCUT2D eigenvalue weighted by Crippen LogP contribution is 2.63. The van der Waals surface area contributed by atoms with Crippen LogP contribution < -0.4 is 0 Å². The van der Waals surface area contributed by atoms with E-state index in [1.807, 2.05) is 0 Å². The molecule has 4 nitrogen and oxygen atoms in total. The molecule has 2 fully saturated rings. The van der Waals surface area contributed by atoms with Crippen molar-refractivity contribution in [3.05, 3.63) is 0 Å². The maximum Gasteiger partial charge on any atom is 0.384 e. The van der Waals surface area contributed by atoms with Crippen LogP contribution >= 0.6 is 0 Å². The van der Waals surface area contributed by atoms with Gasteiger partial charge in [-0.3, -0.25) is 0 Å². The van der Waals surface area contributed by atoms with E-state index in [1.165, 1.54) is 0 Å². The third-order valence-electron chi connectivity index (χ3n) is 5.14. The van der Waals surface area contributed by atoms with Gasteiger partial charge in [0.05, 0.1) is 39.1 Å². The van der Waals surface area contributed by atoms with E-state index in [0.29, 0.717) is 0 Å². The fraction of sp³-hybridized carbons (Fsp3) is 1.00. The van der Waals surface area contributed by atoms with Gasteiger partial charge < -0.3 is 18.9 Å². The molecule has 2 rings (SSSR count). The minimum atomic E-state index is -8.42. The van der Waals surface area contributed by atoms with E-state index in [1.54, 1.807) is 0 Å². The van der Waals surface area contributed by atoms with Crippen LogP contribution in [0.15, 0.2) is 0 Å². The number of rotatable bonds is 16. The number of epoxide rings is 2. The molecular weight excluding hydrogens is 572 g/mol. The summed E-state index contributed by atoms with van der Waals surface area (Å²) in [5.41, 5.74) is 0. The van der Waals surface area contributed by atoms with Crippen molar-refractivity contribution < 1.29 is 89.2 Å². The quantitative estimate of drug-likeness (QED) is 0.182. The molecule has 0 radical (unpaired) electrons. The lowest BCUT2D eigenvalue weighted by molar-refractivity contribution is -0.447. The van der Waals surface area contributed by atoms with Crippen molar-refractivity contribution >= 4 is 0 Å². The molecule has 0 aromatic rings. The Morgan fingerprint density at radius 2 is 1.03 bits per heavy atom. The van der Waals surface area contributed by atoms with Gasteiger partial charge in [0.2, 0.25) is 0 Å². The molecule has 20 heteroatoms. The molecule has 0 N–H and O–H groups in total. The Bertz CT molecular complexity index is 781. The predicted molar refractivity (Wildman–Crippen MR) is 85.3 cm³/mol. The van der Waals surface area contributed by atoms with E-state index in [-0.39, 0.29) is 19.8 Å². The highest BCUT2D eigenvalue weighted by molar-refractivity contribution is 5.14. The molecular formula is C17H16F16O4. The molecule has 220 valence electrons. The first-order chi connectivity index (χ1) is 16.5. The fourth-order valence-electron chi connectivity index (χ4n) is 2.65. The molecule has 0 spiro atoms. The lowest BCUT2D eigenvalue weighted by Gasteiger charge is -2.42. The average molecular weight is 588 g/mol. The van der Waals surface area contributed by atoms with Crippen LogP contribution in [-0.2, 0) is 18.9 Å². The van der Waals surface area contributed by atoms with Gasteiger partial charge in [0.15, 0.2) is 0 Å². The first-order valence-corrected chi connectivity index (χ1v) is 9.82. The zero-order valence-corrected chi connectivity index (χ0v) is 17.7. The minimum Gasteiger partial charge on any atom is -0.376 e. The van der Waals surface area contributed by atoms with Crippen LogP contribution in [-0.4, -0.2) is 99.2 Å². The Morgan fingerprint density at radius 1 is 0.622 bits per heavy atom. The smallest absolute Gasteiger partial charge is 0.376 e. The molecule has 2 aliphatic heterocycles. The molecule has 0 aromatic carbocycles. The van der Waals surface area contributed by atoms with Crippen LogP contribution in [0.1, 0.15) is 6.42 Å². The summed E-state index contributed by atoms with van der Waals surface area (Å²) in [5, 5.41) is 0. The predicted octanol–water partition coefficient (Wildman–Crippen LogP) is 5.29. The van der Waals surface area contributed by atoms with Crippen LogP contribution in [0.4, 0.5) is 70.2 Å². The SMILES string of the molecule is FC(F)C(F)(F)C(F)(F)C(F)(F)C(F)(F)C(F)(F)C(F)(F)C(F)(F)CC(COCC1CO1)OCC1CO1. The second-order valence-electron chi connectivity index (χ2n) is 8.11. The Labute approximate surface area is 196 Å². The van der Waals surface area contributed by atoms with Crippen LogP contribution in [0.25, 0.3) is 0 Å². The van der Waals surface area contributed by atoms with E-state index in [9.17, 15) is 70.2 Å². The summed E-state index contributed by atoms with van der Waals surface area (Å²) in [6.45, 7) is -1.94. The molecule has 0 saturated carbocycles. The van der Waals surface area contributed by atoms with Gasteiger partial charge in [-0.1, -0.05) is 0 Å². The largest absolute Gasteiger partial charge is 0.384 e. The second-order valence-corrected chi connectivity index (χ2v) is 8.11. The maximum absolute atomic E-state index is 14.2. The molecule has 3 atom stereocenters. The Hall–Kier alpha value is -1.28. The van der Waals surface area contributed by atoms with Crippen molar-refractivity contribution in [2.24, 2.45) is 0 Å². The zero-order chi connectivity index (χ0) is 28.9. The summed E-state index contributed by atoms with van der Waals surface area (Å²) in [6.07, 6.45) is -12.2. The van der Waals surface area contributed by atoms with Gasteiger partial charge in [-0.05, 0) is 0 Å². The third kappa shape index (κ3) is 5.70. The van der Waals surface area contributed by atoms with Gasteiger partial charge >= 0.3 is 47.9 Å². The van der Waals surface area contributed by atoms with E-state index >= 15 is 0 Å². The van der Waals surface area contributed by atoms with Gasteiger partial charge in [0.25, 0.3) is 0 Å². The van der Waals surface area contributed by atoms with E-state index in [2.05, 4.69) is 9.47 Å². The summed E-state index contributed by atoms with van der Waals surface area (Å²) in [4.78, 5) is 0. The first kappa shape index (κ1) is 31.9. The third-order valence-corrected chi connectivity index (χ3v) is 5.14. The summed E-state index contributed by atoms with van der Waals surface area (Å²) < 4.78 is 234. The summed E-state index contributed by atoms with van der Waals surface area (Å²) in [5.74, 6) is -54.7. The van der Waals surface area contributed by atoms with E-state index in [4.69, 9.17) is 9.47 Å². The second kappa shape index (κ2) is 10.0. The van der Waals surface area contributed by atoms with Crippen molar-refractivity contribution in [1.82, 2.24) is 0 Å². The van der Waals surface area contributed by atoms with Gasteiger partial charge in [0.1, 0.15) is 12.2 Å². The topological polar surface area (TPSA) is 43.5 Å². The molecule has 2 saturated heterocycles. The molecule has 2 heterocycles. The van der Waals surface area contributed by atoms with Crippen molar-refractivity contribution in [3.63, 3.8) is 0 Å². The lowest BCUT2D eigenvalue weighted by Crippen LogP contribution is -2.73. The molecule has 0 aromatic heterocycles. The van der Waals surface area contributed by atoms with Gasteiger partial charge in [-0.2, -0.15) is 61.5 Å². The van der Waals surface area contributed by atoms with Crippen LogP contribution in [0, 0.1) is 0 Å². The van der Waals surface area contributed by atoms with Gasteiger partial charge in [-0.25, -0.2) is 8.78 Å². The van der Waals surface area contributed by atoms with Crippen molar-refractivity contribution in [3.8, 4) is 0 Å². The summed E-state index contributed by atoms with van der Waals surface area (Å²) in [6, 6.07) is 0. The normalized spacial score (nSPS) is 22.9. The number of hydrogen-bond acceptors (Lipinski definition) is 4. The first-order valence-electron chi connectivity index (χ1n) is 9.82. The number of hydrogen-bond donors (Lipinski definition) is 0. The zero-order valence-electron chi connectivity index (χ0n) is 17.7. The van der Waals surface area contributed by atoms with Crippen molar-refractivity contribution in [1.29, 1.82) is 0 Å². The van der Waals surface area contributed by atoms with Crippen LogP contribution in [0.3, 0.4) is 0 Å². The van der Waals surface area contributed by atoms with Crippen molar-refractivity contribution in [2.75, 3.05) is 33.0 Å². The van der Waals surface area contributed by atoms with Gasteiger partial charge in [0, 0.05) is 6.42 Å². The highest BCUT2D eigenvalue weighted by atomic mass is 19.4. The molecule has 2 aliphatic rings. The number of halogens is 16. The molecule has 0 bridgehead atoms.